The van der Waals surface area contributed by atoms with Crippen LogP contribution in [0.25, 0.3) is 0 Å². The van der Waals surface area contributed by atoms with E-state index in [0.717, 1.165) is 11.1 Å². The van der Waals surface area contributed by atoms with Gasteiger partial charge in [-0.05, 0) is 61.4 Å². The topological polar surface area (TPSA) is 49.4 Å². The Labute approximate surface area is 192 Å². The average Bonchev–Trinajstić information content (AvgIpc) is 2.69. The summed E-state index contributed by atoms with van der Waals surface area (Å²) in [6, 6.07) is 15.3. The van der Waals surface area contributed by atoms with E-state index in [9.17, 15) is 9.59 Å². The normalized spacial score (nSPS) is 12.5. The highest BCUT2D eigenvalue weighted by molar-refractivity contribution is 6.30. The fourth-order valence-electron chi connectivity index (χ4n) is 3.39. The zero-order valence-corrected chi connectivity index (χ0v) is 20.3. The molecule has 0 aliphatic carbocycles. The molecule has 168 valence electrons. The van der Waals surface area contributed by atoms with Crippen molar-refractivity contribution in [2.45, 2.75) is 78.4 Å². The van der Waals surface area contributed by atoms with Crippen LogP contribution in [0.4, 0.5) is 0 Å². The standard InChI is InChI=1S/C26H35ClN2O2/c1-18(2)28-25(31)19(3)29(17-21-8-7-9-23(27)16-21)24(30)15-12-20-10-13-22(14-11-20)26(4,5)6/h7-11,13-14,16,18-19H,12,15,17H2,1-6H3,(H,28,31)/t19-/m1/s1. The van der Waals surface area contributed by atoms with Gasteiger partial charge in [-0.25, -0.2) is 0 Å². The maximum Gasteiger partial charge on any atom is 0.242 e. The molecular formula is C26H35ClN2O2. The molecule has 0 saturated carbocycles. The van der Waals surface area contributed by atoms with E-state index in [2.05, 4.69) is 50.4 Å². The van der Waals surface area contributed by atoms with Crippen LogP contribution in [-0.2, 0) is 28.0 Å². The van der Waals surface area contributed by atoms with Crippen LogP contribution >= 0.6 is 11.6 Å². The highest BCUT2D eigenvalue weighted by atomic mass is 35.5. The molecule has 0 aromatic heterocycles. The van der Waals surface area contributed by atoms with E-state index >= 15 is 0 Å². The molecule has 4 nitrogen and oxygen atoms in total. The van der Waals surface area contributed by atoms with Gasteiger partial charge in [0, 0.05) is 24.0 Å². The van der Waals surface area contributed by atoms with Gasteiger partial charge in [0.25, 0.3) is 0 Å². The Hall–Kier alpha value is -2.33. The molecule has 0 bridgehead atoms. The fourth-order valence-corrected chi connectivity index (χ4v) is 3.60. The van der Waals surface area contributed by atoms with Crippen molar-refractivity contribution in [2.24, 2.45) is 0 Å². The van der Waals surface area contributed by atoms with Gasteiger partial charge in [0.1, 0.15) is 6.04 Å². The van der Waals surface area contributed by atoms with Crippen molar-refractivity contribution in [3.05, 3.63) is 70.2 Å². The molecule has 0 radical (unpaired) electrons. The van der Waals surface area contributed by atoms with Gasteiger partial charge in [-0.3, -0.25) is 9.59 Å². The third-order valence-corrected chi connectivity index (χ3v) is 5.52. The Morgan fingerprint density at radius 2 is 1.65 bits per heavy atom. The minimum absolute atomic E-state index is 0.0133. The number of rotatable bonds is 8. The summed E-state index contributed by atoms with van der Waals surface area (Å²) < 4.78 is 0. The van der Waals surface area contributed by atoms with E-state index in [1.807, 2.05) is 32.0 Å². The third kappa shape index (κ3) is 7.70. The van der Waals surface area contributed by atoms with Crippen molar-refractivity contribution in [2.75, 3.05) is 0 Å². The predicted molar refractivity (Wildman–Crippen MR) is 128 cm³/mol. The molecule has 0 unspecified atom stereocenters. The minimum Gasteiger partial charge on any atom is -0.352 e. The molecule has 2 aromatic carbocycles. The maximum atomic E-state index is 13.2. The average molecular weight is 443 g/mol. The first-order valence-electron chi connectivity index (χ1n) is 10.9. The number of halogens is 1. The summed E-state index contributed by atoms with van der Waals surface area (Å²) in [5.41, 5.74) is 3.38. The SMILES string of the molecule is CC(C)NC(=O)[C@@H](C)N(Cc1cccc(Cl)c1)C(=O)CCc1ccc(C(C)(C)C)cc1. The summed E-state index contributed by atoms with van der Waals surface area (Å²) in [5, 5.41) is 3.52. The summed E-state index contributed by atoms with van der Waals surface area (Å²) in [6.07, 6.45) is 0.975. The number of benzene rings is 2. The summed E-state index contributed by atoms with van der Waals surface area (Å²) in [4.78, 5) is 27.5. The summed E-state index contributed by atoms with van der Waals surface area (Å²) in [5.74, 6) is -0.203. The first-order chi connectivity index (χ1) is 14.5. The monoisotopic (exact) mass is 442 g/mol. The number of hydrogen-bond acceptors (Lipinski definition) is 2. The number of nitrogens with one attached hydrogen (secondary N) is 1. The predicted octanol–water partition coefficient (Wildman–Crippen LogP) is 5.51. The van der Waals surface area contributed by atoms with Gasteiger partial charge in [-0.15, -0.1) is 0 Å². The van der Waals surface area contributed by atoms with Crippen LogP contribution in [0.2, 0.25) is 5.02 Å². The first-order valence-corrected chi connectivity index (χ1v) is 11.3. The highest BCUT2D eigenvalue weighted by Crippen LogP contribution is 2.23. The molecule has 31 heavy (non-hydrogen) atoms. The van der Waals surface area contributed by atoms with Gasteiger partial charge < -0.3 is 10.2 Å². The lowest BCUT2D eigenvalue weighted by Crippen LogP contribution is -2.49. The second-order valence-electron chi connectivity index (χ2n) is 9.44. The van der Waals surface area contributed by atoms with Crippen LogP contribution in [0.1, 0.15) is 64.7 Å². The van der Waals surface area contributed by atoms with Crippen molar-refractivity contribution < 1.29 is 9.59 Å². The van der Waals surface area contributed by atoms with Crippen molar-refractivity contribution in [1.82, 2.24) is 10.2 Å². The number of carbonyl (C=O) groups excluding carboxylic acids is 2. The summed E-state index contributed by atoms with van der Waals surface area (Å²) in [6.45, 7) is 12.5. The second kappa shape index (κ2) is 10.8. The Morgan fingerprint density at radius 1 is 1.00 bits per heavy atom. The van der Waals surface area contributed by atoms with E-state index < -0.39 is 6.04 Å². The van der Waals surface area contributed by atoms with Gasteiger partial charge in [-0.1, -0.05) is 68.8 Å². The molecule has 2 amide bonds. The summed E-state index contributed by atoms with van der Waals surface area (Å²) >= 11 is 6.12. The number of nitrogens with zero attached hydrogens (tertiary/aromatic N) is 1. The first kappa shape index (κ1) is 24.9. The van der Waals surface area contributed by atoms with E-state index in [1.54, 1.807) is 17.9 Å². The van der Waals surface area contributed by atoms with Crippen molar-refractivity contribution in [1.29, 1.82) is 0 Å². The van der Waals surface area contributed by atoms with Crippen LogP contribution < -0.4 is 5.32 Å². The molecule has 1 atom stereocenters. The molecule has 0 spiro atoms. The Kier molecular flexibility index (Phi) is 8.69. The van der Waals surface area contributed by atoms with Crippen LogP contribution in [0.3, 0.4) is 0 Å². The quantitative estimate of drug-likeness (QED) is 0.585. The lowest BCUT2D eigenvalue weighted by atomic mass is 9.86. The molecule has 5 heteroatoms. The molecule has 0 aliphatic rings. The fraction of sp³-hybridized carbons (Fsp3) is 0.462. The van der Waals surface area contributed by atoms with E-state index in [-0.39, 0.29) is 23.3 Å². The van der Waals surface area contributed by atoms with Crippen molar-refractivity contribution in [3.63, 3.8) is 0 Å². The van der Waals surface area contributed by atoms with E-state index in [0.29, 0.717) is 24.4 Å². The Balaban J connectivity index is 2.14. The molecule has 0 saturated heterocycles. The number of hydrogen-bond donors (Lipinski definition) is 1. The maximum absolute atomic E-state index is 13.2. The minimum atomic E-state index is -0.572. The van der Waals surface area contributed by atoms with Crippen molar-refractivity contribution in [3.8, 4) is 0 Å². The number of carbonyl (C=O) groups is 2. The van der Waals surface area contributed by atoms with Gasteiger partial charge in [-0.2, -0.15) is 0 Å². The molecule has 2 rings (SSSR count). The molecule has 2 aromatic rings. The Morgan fingerprint density at radius 3 is 2.19 bits per heavy atom. The zero-order valence-electron chi connectivity index (χ0n) is 19.5. The van der Waals surface area contributed by atoms with Gasteiger partial charge >= 0.3 is 0 Å². The summed E-state index contributed by atoms with van der Waals surface area (Å²) in [7, 11) is 0. The largest absolute Gasteiger partial charge is 0.352 e. The Bertz CT molecular complexity index is 885. The molecule has 0 aliphatic heterocycles. The third-order valence-electron chi connectivity index (χ3n) is 5.29. The van der Waals surface area contributed by atoms with Gasteiger partial charge in [0.15, 0.2) is 0 Å². The highest BCUT2D eigenvalue weighted by Gasteiger charge is 2.26. The van der Waals surface area contributed by atoms with Crippen LogP contribution in [0, 0.1) is 0 Å². The number of amides is 2. The van der Waals surface area contributed by atoms with Crippen molar-refractivity contribution >= 4 is 23.4 Å². The van der Waals surface area contributed by atoms with Gasteiger partial charge in [0.05, 0.1) is 0 Å². The molecular weight excluding hydrogens is 408 g/mol. The van der Waals surface area contributed by atoms with Crippen LogP contribution in [-0.4, -0.2) is 28.8 Å². The second-order valence-corrected chi connectivity index (χ2v) is 9.87. The van der Waals surface area contributed by atoms with E-state index in [1.165, 1.54) is 5.56 Å². The smallest absolute Gasteiger partial charge is 0.242 e. The van der Waals surface area contributed by atoms with Gasteiger partial charge in [0.2, 0.25) is 11.8 Å². The van der Waals surface area contributed by atoms with Crippen LogP contribution in [0.5, 0.6) is 0 Å². The number of aryl methyl sites for hydroxylation is 1. The lowest BCUT2D eigenvalue weighted by Gasteiger charge is -2.29. The zero-order chi connectivity index (χ0) is 23.2. The van der Waals surface area contributed by atoms with Crippen LogP contribution in [0.15, 0.2) is 48.5 Å². The molecule has 0 heterocycles. The molecule has 1 N–H and O–H groups in total. The molecule has 0 fully saturated rings. The van der Waals surface area contributed by atoms with E-state index in [4.69, 9.17) is 11.6 Å². The lowest BCUT2D eigenvalue weighted by molar-refractivity contribution is -0.140.